The third-order valence-electron chi connectivity index (χ3n) is 4.01. The predicted octanol–water partition coefficient (Wildman–Crippen LogP) is 5.24. The summed E-state index contributed by atoms with van der Waals surface area (Å²) in [6, 6.07) is 7.86. The lowest BCUT2D eigenvalue weighted by Gasteiger charge is -2.21. The number of anilines is 1. The molecule has 1 aromatic carbocycles. The molecule has 2 aromatic heterocycles. The lowest BCUT2D eigenvalue weighted by Crippen LogP contribution is -2.26. The van der Waals surface area contributed by atoms with Gasteiger partial charge in [-0.2, -0.15) is 13.2 Å². The van der Waals surface area contributed by atoms with Crippen LogP contribution in [0.5, 0.6) is 5.75 Å². The van der Waals surface area contributed by atoms with Gasteiger partial charge >= 0.3 is 12.5 Å². The number of hydrogen-bond donors (Lipinski definition) is 0. The van der Waals surface area contributed by atoms with Crippen LogP contribution in [0.15, 0.2) is 59.5 Å². The predicted molar refractivity (Wildman–Crippen MR) is 93.6 cm³/mol. The molecule has 3 aromatic rings. The maximum Gasteiger partial charge on any atom is 0.573 e. The van der Waals surface area contributed by atoms with E-state index in [0.717, 1.165) is 17.8 Å². The van der Waals surface area contributed by atoms with E-state index in [1.54, 1.807) is 4.90 Å². The van der Waals surface area contributed by atoms with Crippen LogP contribution in [-0.4, -0.2) is 22.9 Å². The maximum atomic E-state index is 12.7. The molecule has 0 aliphatic carbocycles. The number of benzene rings is 1. The van der Waals surface area contributed by atoms with Gasteiger partial charge in [-0.25, -0.2) is 4.98 Å². The summed E-state index contributed by atoms with van der Waals surface area (Å²) in [5.74, 6) is -0.327. The molecule has 0 bridgehead atoms. The normalized spacial score (nSPS) is 12.1. The first kappa shape index (κ1) is 21.5. The maximum absolute atomic E-state index is 12.7. The SMILES string of the molecule is FC(F)(F)Oc1ccc(CCN(Cc2ccc(C(F)(F)F)nc2)c2ncco2)cc1. The second-order valence-corrected chi connectivity index (χ2v) is 6.23. The smallest absolute Gasteiger partial charge is 0.432 e. The van der Waals surface area contributed by atoms with Crippen molar-refractivity contribution in [1.29, 1.82) is 0 Å². The van der Waals surface area contributed by atoms with Crippen LogP contribution in [0.2, 0.25) is 0 Å². The Morgan fingerprint density at radius 2 is 1.60 bits per heavy atom. The summed E-state index contributed by atoms with van der Waals surface area (Å²) < 4.78 is 83.8. The molecule has 5 nitrogen and oxygen atoms in total. The van der Waals surface area contributed by atoms with Crippen molar-refractivity contribution in [1.82, 2.24) is 9.97 Å². The lowest BCUT2D eigenvalue weighted by molar-refractivity contribution is -0.274. The zero-order valence-electron chi connectivity index (χ0n) is 15.2. The third kappa shape index (κ3) is 6.13. The molecule has 11 heteroatoms. The number of rotatable bonds is 7. The third-order valence-corrected chi connectivity index (χ3v) is 4.01. The Morgan fingerprint density at radius 1 is 0.900 bits per heavy atom. The number of hydrogen-bond acceptors (Lipinski definition) is 5. The van der Waals surface area contributed by atoms with Gasteiger partial charge in [-0.05, 0) is 35.7 Å². The largest absolute Gasteiger partial charge is 0.573 e. The summed E-state index contributed by atoms with van der Waals surface area (Å²) >= 11 is 0. The first-order valence-corrected chi connectivity index (χ1v) is 8.61. The van der Waals surface area contributed by atoms with Gasteiger partial charge in [0.1, 0.15) is 17.7 Å². The van der Waals surface area contributed by atoms with Crippen LogP contribution < -0.4 is 9.64 Å². The molecule has 0 aliphatic heterocycles. The Hall–Kier alpha value is -3.24. The van der Waals surface area contributed by atoms with Crippen LogP contribution in [0.4, 0.5) is 32.4 Å². The zero-order valence-corrected chi connectivity index (χ0v) is 15.2. The molecule has 0 fully saturated rings. The Morgan fingerprint density at radius 3 is 2.13 bits per heavy atom. The van der Waals surface area contributed by atoms with E-state index >= 15 is 0 Å². The quantitative estimate of drug-likeness (QED) is 0.479. The van der Waals surface area contributed by atoms with Gasteiger partial charge in [0.2, 0.25) is 0 Å². The second-order valence-electron chi connectivity index (χ2n) is 6.23. The van der Waals surface area contributed by atoms with Crippen LogP contribution in [0.1, 0.15) is 16.8 Å². The van der Waals surface area contributed by atoms with Crippen LogP contribution in [0.25, 0.3) is 0 Å². The van der Waals surface area contributed by atoms with E-state index in [9.17, 15) is 26.3 Å². The molecule has 0 saturated carbocycles. The molecule has 0 saturated heterocycles. The van der Waals surface area contributed by atoms with Gasteiger partial charge in [-0.3, -0.25) is 4.98 Å². The molecule has 0 atom stereocenters. The van der Waals surface area contributed by atoms with Gasteiger partial charge < -0.3 is 14.1 Å². The highest BCUT2D eigenvalue weighted by atomic mass is 19.4. The number of nitrogens with zero attached hydrogens (tertiary/aromatic N) is 3. The summed E-state index contributed by atoms with van der Waals surface area (Å²) in [6.45, 7) is 0.530. The summed E-state index contributed by atoms with van der Waals surface area (Å²) in [5, 5.41) is 0. The van der Waals surface area contributed by atoms with Crippen LogP contribution in [0.3, 0.4) is 0 Å². The first-order chi connectivity index (χ1) is 14.1. The Labute approximate surface area is 166 Å². The molecule has 0 spiro atoms. The molecule has 2 heterocycles. The van der Waals surface area contributed by atoms with E-state index in [-0.39, 0.29) is 18.3 Å². The first-order valence-electron chi connectivity index (χ1n) is 8.61. The fraction of sp³-hybridized carbons (Fsp3) is 0.263. The molecule has 0 N–H and O–H groups in total. The Kier molecular flexibility index (Phi) is 6.18. The molecule has 0 unspecified atom stereocenters. The van der Waals surface area contributed by atoms with Crippen molar-refractivity contribution in [2.45, 2.75) is 25.5 Å². The van der Waals surface area contributed by atoms with Crippen molar-refractivity contribution in [3.8, 4) is 5.75 Å². The fourth-order valence-corrected chi connectivity index (χ4v) is 2.64. The molecule has 160 valence electrons. The molecular formula is C19H15F6N3O2. The molecule has 0 radical (unpaired) electrons. The zero-order chi connectivity index (χ0) is 21.8. The average Bonchev–Trinajstić information content (AvgIpc) is 3.19. The van der Waals surface area contributed by atoms with E-state index < -0.39 is 18.2 Å². The highest BCUT2D eigenvalue weighted by Crippen LogP contribution is 2.27. The van der Waals surface area contributed by atoms with Gasteiger partial charge in [0, 0.05) is 19.3 Å². The summed E-state index contributed by atoms with van der Waals surface area (Å²) in [7, 11) is 0. The molecule has 3 rings (SSSR count). The van der Waals surface area contributed by atoms with Crippen molar-refractivity contribution < 1.29 is 35.5 Å². The molecule has 0 aliphatic rings. The minimum atomic E-state index is -4.76. The van der Waals surface area contributed by atoms with E-state index in [0.29, 0.717) is 18.5 Å². The van der Waals surface area contributed by atoms with Gasteiger partial charge in [0.15, 0.2) is 0 Å². The summed E-state index contributed by atoms with van der Waals surface area (Å²) in [6.07, 6.45) is -4.96. The van der Waals surface area contributed by atoms with Crippen LogP contribution in [0, 0.1) is 0 Å². The number of oxazole rings is 1. The standard InChI is InChI=1S/C19H15F6N3O2/c20-18(21,22)16-6-3-14(11-27-16)12-28(17-26-8-10-29-17)9-7-13-1-4-15(5-2-13)30-19(23,24)25/h1-6,8,10-11H,7,9,12H2. The average molecular weight is 431 g/mol. The number of halogens is 6. The summed E-state index contributed by atoms with van der Waals surface area (Å²) in [4.78, 5) is 9.17. The van der Waals surface area contributed by atoms with Crippen LogP contribution >= 0.6 is 0 Å². The fourth-order valence-electron chi connectivity index (χ4n) is 2.64. The number of pyridine rings is 1. The lowest BCUT2D eigenvalue weighted by atomic mass is 10.1. The monoisotopic (exact) mass is 431 g/mol. The minimum Gasteiger partial charge on any atom is -0.432 e. The number of ether oxygens (including phenoxy) is 1. The Bertz CT molecular complexity index is 923. The Balaban J connectivity index is 1.67. The molecular weight excluding hydrogens is 416 g/mol. The van der Waals surface area contributed by atoms with Gasteiger partial charge in [-0.1, -0.05) is 18.2 Å². The van der Waals surface area contributed by atoms with Crippen molar-refractivity contribution in [2.24, 2.45) is 0 Å². The van der Waals surface area contributed by atoms with E-state index in [1.165, 1.54) is 42.8 Å². The minimum absolute atomic E-state index is 0.181. The van der Waals surface area contributed by atoms with Crippen LogP contribution in [-0.2, 0) is 19.1 Å². The van der Waals surface area contributed by atoms with E-state index in [1.807, 2.05) is 0 Å². The van der Waals surface area contributed by atoms with Gasteiger partial charge in [0.25, 0.3) is 6.01 Å². The van der Waals surface area contributed by atoms with Crippen molar-refractivity contribution in [3.63, 3.8) is 0 Å². The highest BCUT2D eigenvalue weighted by Gasteiger charge is 2.32. The number of alkyl halides is 6. The number of aromatic nitrogens is 2. The van der Waals surface area contributed by atoms with Crippen molar-refractivity contribution in [3.05, 3.63) is 71.9 Å². The molecule has 30 heavy (non-hydrogen) atoms. The summed E-state index contributed by atoms with van der Waals surface area (Å²) in [5.41, 5.74) is 0.247. The van der Waals surface area contributed by atoms with E-state index in [4.69, 9.17) is 4.42 Å². The van der Waals surface area contributed by atoms with Crippen molar-refractivity contribution >= 4 is 6.01 Å². The second kappa shape index (κ2) is 8.64. The van der Waals surface area contributed by atoms with Gasteiger partial charge in [-0.15, -0.1) is 13.2 Å². The van der Waals surface area contributed by atoms with Crippen molar-refractivity contribution in [2.75, 3.05) is 11.4 Å². The topological polar surface area (TPSA) is 51.4 Å². The van der Waals surface area contributed by atoms with Gasteiger partial charge in [0.05, 0.1) is 6.20 Å². The molecule has 0 amide bonds. The van der Waals surface area contributed by atoms with E-state index in [2.05, 4.69) is 14.7 Å². The highest BCUT2D eigenvalue weighted by molar-refractivity contribution is 5.31.